The van der Waals surface area contributed by atoms with Crippen molar-refractivity contribution in [2.75, 3.05) is 5.73 Å². The van der Waals surface area contributed by atoms with Gasteiger partial charge in [-0.15, -0.1) is 0 Å². The van der Waals surface area contributed by atoms with Gasteiger partial charge in [0.25, 0.3) is 0 Å². The molecule has 2 aromatic rings. The molecular weight excluding hydrogens is 251 g/mol. The highest BCUT2D eigenvalue weighted by atomic mass is 19.4. The Bertz CT molecular complexity index is 583. The lowest BCUT2D eigenvalue weighted by Gasteiger charge is -2.09. The summed E-state index contributed by atoms with van der Waals surface area (Å²) in [6.07, 6.45) is -1.26. The molecule has 0 radical (unpaired) electrons. The molecule has 0 amide bonds. The van der Waals surface area contributed by atoms with E-state index in [0.717, 1.165) is 11.6 Å². The molecule has 0 heterocycles. The summed E-state index contributed by atoms with van der Waals surface area (Å²) in [5.41, 5.74) is 6.47. The second kappa shape index (κ2) is 5.18. The van der Waals surface area contributed by atoms with Gasteiger partial charge < -0.3 is 5.73 Å². The standard InChI is InChI=1S/C15H12F3N/c16-15(17,18)14-4-2-1-3-12(14)8-5-11-6-9-13(19)10-7-11/h1-10H,19H2/b8-5+. The Balaban J connectivity index is 2.31. The minimum atomic E-state index is -4.35. The number of nitrogen functional groups attached to an aromatic ring is 1. The van der Waals surface area contributed by atoms with Gasteiger partial charge in [-0.25, -0.2) is 0 Å². The first-order valence-corrected chi connectivity index (χ1v) is 5.67. The van der Waals surface area contributed by atoms with Crippen molar-refractivity contribution in [2.45, 2.75) is 6.18 Å². The van der Waals surface area contributed by atoms with Crippen LogP contribution in [0.2, 0.25) is 0 Å². The number of alkyl halides is 3. The van der Waals surface area contributed by atoms with E-state index in [-0.39, 0.29) is 5.56 Å². The Hall–Kier alpha value is -2.23. The first-order chi connectivity index (χ1) is 8.97. The first kappa shape index (κ1) is 13.2. The van der Waals surface area contributed by atoms with E-state index >= 15 is 0 Å². The van der Waals surface area contributed by atoms with E-state index in [2.05, 4.69) is 0 Å². The molecule has 0 saturated heterocycles. The van der Waals surface area contributed by atoms with Gasteiger partial charge in [0.2, 0.25) is 0 Å². The van der Waals surface area contributed by atoms with E-state index in [1.165, 1.54) is 18.2 Å². The fraction of sp³-hybridized carbons (Fsp3) is 0.0667. The fourth-order valence-electron chi connectivity index (χ4n) is 1.69. The third kappa shape index (κ3) is 3.37. The van der Waals surface area contributed by atoms with Crippen LogP contribution in [0.25, 0.3) is 12.2 Å². The normalized spacial score (nSPS) is 11.9. The number of hydrogen-bond donors (Lipinski definition) is 1. The third-order valence-corrected chi connectivity index (χ3v) is 2.66. The van der Waals surface area contributed by atoms with Crippen LogP contribution in [0.4, 0.5) is 18.9 Å². The maximum Gasteiger partial charge on any atom is 0.416 e. The first-order valence-electron chi connectivity index (χ1n) is 5.67. The van der Waals surface area contributed by atoms with Gasteiger partial charge in [0.1, 0.15) is 0 Å². The number of hydrogen-bond acceptors (Lipinski definition) is 1. The molecule has 2 N–H and O–H groups in total. The number of anilines is 1. The average molecular weight is 263 g/mol. The minimum absolute atomic E-state index is 0.145. The fourth-order valence-corrected chi connectivity index (χ4v) is 1.69. The molecule has 0 aliphatic carbocycles. The van der Waals surface area contributed by atoms with Gasteiger partial charge in [0.05, 0.1) is 5.56 Å². The van der Waals surface area contributed by atoms with E-state index < -0.39 is 11.7 Å². The summed E-state index contributed by atoms with van der Waals surface area (Å²) in [6.45, 7) is 0. The molecule has 0 aliphatic rings. The van der Waals surface area contributed by atoms with Crippen molar-refractivity contribution in [1.82, 2.24) is 0 Å². The molecule has 0 atom stereocenters. The Labute approximate surface area is 109 Å². The Morgan fingerprint density at radius 2 is 1.47 bits per heavy atom. The Kier molecular flexibility index (Phi) is 3.60. The molecule has 0 unspecified atom stereocenters. The van der Waals surface area contributed by atoms with Crippen LogP contribution < -0.4 is 5.73 Å². The van der Waals surface area contributed by atoms with Crippen molar-refractivity contribution in [3.63, 3.8) is 0 Å². The molecule has 19 heavy (non-hydrogen) atoms. The molecule has 4 heteroatoms. The average Bonchev–Trinajstić information content (AvgIpc) is 2.37. The molecule has 1 nitrogen and oxygen atoms in total. The van der Waals surface area contributed by atoms with Crippen molar-refractivity contribution in [3.8, 4) is 0 Å². The molecule has 0 aliphatic heterocycles. The topological polar surface area (TPSA) is 26.0 Å². The summed E-state index contributed by atoms with van der Waals surface area (Å²) in [4.78, 5) is 0. The van der Waals surface area contributed by atoms with Crippen molar-refractivity contribution >= 4 is 17.8 Å². The predicted octanol–water partition coefficient (Wildman–Crippen LogP) is 4.46. The van der Waals surface area contributed by atoms with Gasteiger partial charge in [-0.3, -0.25) is 0 Å². The molecule has 0 bridgehead atoms. The van der Waals surface area contributed by atoms with Crippen molar-refractivity contribution in [3.05, 3.63) is 65.2 Å². The molecule has 98 valence electrons. The molecular formula is C15H12F3N. The molecule has 2 rings (SSSR count). The highest BCUT2D eigenvalue weighted by Gasteiger charge is 2.32. The predicted molar refractivity (Wildman–Crippen MR) is 71.2 cm³/mol. The Morgan fingerprint density at radius 1 is 0.842 bits per heavy atom. The summed E-state index contributed by atoms with van der Waals surface area (Å²) >= 11 is 0. The van der Waals surface area contributed by atoms with E-state index in [4.69, 9.17) is 5.73 Å². The van der Waals surface area contributed by atoms with Crippen molar-refractivity contribution in [2.24, 2.45) is 0 Å². The summed E-state index contributed by atoms with van der Waals surface area (Å²) in [6, 6.07) is 12.4. The zero-order valence-electron chi connectivity index (χ0n) is 9.98. The smallest absolute Gasteiger partial charge is 0.399 e. The maximum absolute atomic E-state index is 12.8. The van der Waals surface area contributed by atoms with E-state index in [0.29, 0.717) is 5.69 Å². The molecule has 0 saturated carbocycles. The van der Waals surface area contributed by atoms with Crippen LogP contribution in [0.15, 0.2) is 48.5 Å². The number of halogens is 3. The van der Waals surface area contributed by atoms with E-state index in [9.17, 15) is 13.2 Å². The second-order valence-electron chi connectivity index (χ2n) is 4.09. The quantitative estimate of drug-likeness (QED) is 0.628. The summed E-state index contributed by atoms with van der Waals surface area (Å²) in [5, 5.41) is 0. The molecule has 0 aromatic heterocycles. The van der Waals surface area contributed by atoms with Gasteiger partial charge in [-0.05, 0) is 29.3 Å². The van der Waals surface area contributed by atoms with E-state index in [1.54, 1.807) is 36.4 Å². The lowest BCUT2D eigenvalue weighted by atomic mass is 10.1. The molecule has 0 spiro atoms. The van der Waals surface area contributed by atoms with Gasteiger partial charge in [-0.1, -0.05) is 42.5 Å². The summed E-state index contributed by atoms with van der Waals surface area (Å²) in [5.74, 6) is 0. The number of nitrogens with two attached hydrogens (primary N) is 1. The molecule has 0 fully saturated rings. The zero-order chi connectivity index (χ0) is 13.9. The van der Waals surface area contributed by atoms with Crippen LogP contribution in [-0.2, 0) is 6.18 Å². The van der Waals surface area contributed by atoms with E-state index in [1.807, 2.05) is 0 Å². The minimum Gasteiger partial charge on any atom is -0.399 e. The van der Waals surface area contributed by atoms with Gasteiger partial charge in [-0.2, -0.15) is 13.2 Å². The van der Waals surface area contributed by atoms with Crippen LogP contribution in [0.3, 0.4) is 0 Å². The Morgan fingerprint density at radius 3 is 2.11 bits per heavy atom. The maximum atomic E-state index is 12.8. The largest absolute Gasteiger partial charge is 0.416 e. The second-order valence-corrected chi connectivity index (χ2v) is 4.09. The summed E-state index contributed by atoms with van der Waals surface area (Å²) in [7, 11) is 0. The highest BCUT2D eigenvalue weighted by molar-refractivity contribution is 5.72. The lowest BCUT2D eigenvalue weighted by Crippen LogP contribution is -2.06. The van der Waals surface area contributed by atoms with Crippen LogP contribution in [0, 0.1) is 0 Å². The highest BCUT2D eigenvalue weighted by Crippen LogP contribution is 2.32. The van der Waals surface area contributed by atoms with Crippen LogP contribution >= 0.6 is 0 Å². The van der Waals surface area contributed by atoms with Gasteiger partial charge in [0.15, 0.2) is 0 Å². The van der Waals surface area contributed by atoms with Crippen LogP contribution in [-0.4, -0.2) is 0 Å². The van der Waals surface area contributed by atoms with Crippen LogP contribution in [0.5, 0.6) is 0 Å². The van der Waals surface area contributed by atoms with Crippen molar-refractivity contribution in [1.29, 1.82) is 0 Å². The SMILES string of the molecule is Nc1ccc(/C=C/c2ccccc2C(F)(F)F)cc1. The number of benzene rings is 2. The van der Waals surface area contributed by atoms with Gasteiger partial charge in [0, 0.05) is 5.69 Å². The number of rotatable bonds is 2. The molecule has 2 aromatic carbocycles. The third-order valence-electron chi connectivity index (χ3n) is 2.66. The van der Waals surface area contributed by atoms with Gasteiger partial charge >= 0.3 is 6.18 Å². The van der Waals surface area contributed by atoms with Crippen molar-refractivity contribution < 1.29 is 13.2 Å². The monoisotopic (exact) mass is 263 g/mol. The lowest BCUT2D eigenvalue weighted by molar-refractivity contribution is -0.137. The summed E-state index contributed by atoms with van der Waals surface area (Å²) < 4.78 is 38.3. The van der Waals surface area contributed by atoms with Crippen LogP contribution in [0.1, 0.15) is 16.7 Å². The zero-order valence-corrected chi connectivity index (χ0v) is 9.98.